The third-order valence-electron chi connectivity index (χ3n) is 3.59. The Morgan fingerprint density at radius 3 is 2.84 bits per heavy atom. The maximum absolute atomic E-state index is 6.08. The van der Waals surface area contributed by atoms with Gasteiger partial charge < -0.3 is 11.1 Å². The molecule has 3 N–H and O–H groups in total. The van der Waals surface area contributed by atoms with Crippen LogP contribution in [0, 0.1) is 0 Å². The molecule has 0 bridgehead atoms. The van der Waals surface area contributed by atoms with Gasteiger partial charge in [0.1, 0.15) is 4.99 Å². The second-order valence-corrected chi connectivity index (χ2v) is 6.82. The van der Waals surface area contributed by atoms with Crippen molar-refractivity contribution in [3.05, 3.63) is 28.8 Å². The van der Waals surface area contributed by atoms with Crippen molar-refractivity contribution in [1.82, 2.24) is 0 Å². The van der Waals surface area contributed by atoms with E-state index >= 15 is 0 Å². The number of nitrogens with two attached hydrogens (primary N) is 1. The molecule has 0 radical (unpaired) electrons. The van der Waals surface area contributed by atoms with E-state index in [1.54, 1.807) is 0 Å². The molecule has 0 aromatic heterocycles. The first-order valence-corrected chi connectivity index (χ1v) is 8.58. The van der Waals surface area contributed by atoms with Gasteiger partial charge in [-0.15, -0.1) is 0 Å². The first-order valence-electron chi connectivity index (χ1n) is 6.50. The molecule has 5 heteroatoms. The number of thiocarbonyl (C=S) groups is 1. The largest absolute Gasteiger partial charge is 0.389 e. The minimum Gasteiger partial charge on any atom is -0.389 e. The number of hydrogen-bond acceptors (Lipinski definition) is 3. The SMILES string of the molecule is CSC1CCCCC1Nc1cc(Cl)ccc1C(N)=S. The zero-order valence-corrected chi connectivity index (χ0v) is 13.4. The Kier molecular flexibility index (Phi) is 5.37. The van der Waals surface area contributed by atoms with E-state index in [-0.39, 0.29) is 0 Å². The van der Waals surface area contributed by atoms with Crippen LogP contribution in [-0.4, -0.2) is 22.5 Å². The maximum Gasteiger partial charge on any atom is 0.106 e. The minimum atomic E-state index is 0.413. The van der Waals surface area contributed by atoms with Gasteiger partial charge in [-0.2, -0.15) is 11.8 Å². The molecule has 1 saturated carbocycles. The molecule has 0 aliphatic heterocycles. The third kappa shape index (κ3) is 3.77. The normalized spacial score (nSPS) is 23.1. The van der Waals surface area contributed by atoms with E-state index in [1.807, 2.05) is 30.0 Å². The molecule has 19 heavy (non-hydrogen) atoms. The van der Waals surface area contributed by atoms with E-state index in [0.29, 0.717) is 21.3 Å². The smallest absolute Gasteiger partial charge is 0.106 e. The number of halogens is 1. The quantitative estimate of drug-likeness (QED) is 0.822. The topological polar surface area (TPSA) is 38.0 Å². The summed E-state index contributed by atoms with van der Waals surface area (Å²) in [6.45, 7) is 0. The Balaban J connectivity index is 2.21. The van der Waals surface area contributed by atoms with Crippen molar-refractivity contribution < 1.29 is 0 Å². The van der Waals surface area contributed by atoms with Crippen molar-refractivity contribution in [3.8, 4) is 0 Å². The van der Waals surface area contributed by atoms with Crippen LogP contribution in [0.25, 0.3) is 0 Å². The molecule has 1 aromatic rings. The van der Waals surface area contributed by atoms with E-state index < -0.39 is 0 Å². The number of hydrogen-bond donors (Lipinski definition) is 2. The van der Waals surface area contributed by atoms with E-state index in [4.69, 9.17) is 29.6 Å². The molecule has 0 amide bonds. The fourth-order valence-electron chi connectivity index (χ4n) is 2.59. The van der Waals surface area contributed by atoms with Gasteiger partial charge in [-0.05, 0) is 37.3 Å². The molecular weight excluding hydrogens is 296 g/mol. The Morgan fingerprint density at radius 2 is 2.16 bits per heavy atom. The van der Waals surface area contributed by atoms with Crippen molar-refractivity contribution in [2.75, 3.05) is 11.6 Å². The molecular formula is C14H19ClN2S2. The lowest BCUT2D eigenvalue weighted by Gasteiger charge is -2.32. The number of nitrogens with one attached hydrogen (secondary N) is 1. The predicted octanol–water partition coefficient (Wildman–Crippen LogP) is 4.06. The fourth-order valence-corrected chi connectivity index (χ4v) is 3.88. The van der Waals surface area contributed by atoms with Crippen molar-refractivity contribution in [3.63, 3.8) is 0 Å². The molecule has 1 aliphatic rings. The number of rotatable bonds is 4. The molecule has 0 spiro atoms. The average Bonchev–Trinajstić information content (AvgIpc) is 2.39. The highest BCUT2D eigenvalue weighted by Crippen LogP contribution is 2.31. The van der Waals surface area contributed by atoms with Gasteiger partial charge in [-0.25, -0.2) is 0 Å². The number of thioether (sulfide) groups is 1. The van der Waals surface area contributed by atoms with Crippen LogP contribution >= 0.6 is 35.6 Å². The van der Waals surface area contributed by atoms with E-state index in [2.05, 4.69) is 11.6 Å². The van der Waals surface area contributed by atoms with Crippen molar-refractivity contribution in [1.29, 1.82) is 0 Å². The zero-order chi connectivity index (χ0) is 13.8. The number of anilines is 1. The fraction of sp³-hybridized carbons (Fsp3) is 0.500. The van der Waals surface area contributed by atoms with Crippen LogP contribution in [0.3, 0.4) is 0 Å². The maximum atomic E-state index is 6.08. The minimum absolute atomic E-state index is 0.413. The summed E-state index contributed by atoms with van der Waals surface area (Å²) in [6, 6.07) is 6.11. The Morgan fingerprint density at radius 1 is 1.42 bits per heavy atom. The monoisotopic (exact) mass is 314 g/mol. The summed E-state index contributed by atoms with van der Waals surface area (Å²) >= 11 is 13.1. The van der Waals surface area contributed by atoms with Crippen molar-refractivity contribution in [2.45, 2.75) is 37.0 Å². The first-order chi connectivity index (χ1) is 9.11. The van der Waals surface area contributed by atoms with Crippen LogP contribution in [-0.2, 0) is 0 Å². The van der Waals surface area contributed by atoms with Crippen LogP contribution in [0.4, 0.5) is 5.69 Å². The highest BCUT2D eigenvalue weighted by Gasteiger charge is 2.24. The molecule has 0 saturated heterocycles. The zero-order valence-electron chi connectivity index (χ0n) is 11.0. The average molecular weight is 315 g/mol. The van der Waals surface area contributed by atoms with E-state index in [0.717, 1.165) is 11.3 Å². The third-order valence-corrected chi connectivity index (χ3v) is 5.22. The highest BCUT2D eigenvalue weighted by molar-refractivity contribution is 7.99. The predicted molar refractivity (Wildman–Crippen MR) is 90.5 cm³/mol. The van der Waals surface area contributed by atoms with Gasteiger partial charge in [-0.1, -0.05) is 36.7 Å². The number of benzene rings is 1. The molecule has 0 heterocycles. The second-order valence-electron chi connectivity index (χ2n) is 4.86. The lowest BCUT2D eigenvalue weighted by molar-refractivity contribution is 0.475. The molecule has 1 fully saturated rings. The molecule has 2 unspecified atom stereocenters. The molecule has 2 nitrogen and oxygen atoms in total. The first kappa shape index (κ1) is 14.9. The second kappa shape index (κ2) is 6.82. The standard InChI is InChI=1S/C14H19ClN2S2/c1-19-13-5-3-2-4-11(13)17-12-8-9(15)6-7-10(12)14(16)18/h6-8,11,13,17H,2-5H2,1H3,(H2,16,18). The molecule has 1 aliphatic carbocycles. The highest BCUT2D eigenvalue weighted by atomic mass is 35.5. The van der Waals surface area contributed by atoms with Crippen molar-refractivity contribution in [2.24, 2.45) is 5.73 Å². The van der Waals surface area contributed by atoms with E-state index in [9.17, 15) is 0 Å². The lowest BCUT2D eigenvalue weighted by Crippen LogP contribution is -2.35. The van der Waals surface area contributed by atoms with Gasteiger partial charge in [0.15, 0.2) is 0 Å². The van der Waals surface area contributed by atoms with Crippen LogP contribution in [0.1, 0.15) is 31.2 Å². The van der Waals surface area contributed by atoms with Crippen LogP contribution < -0.4 is 11.1 Å². The van der Waals surface area contributed by atoms with Crippen molar-refractivity contribution >= 4 is 46.3 Å². The summed E-state index contributed by atoms with van der Waals surface area (Å²) in [6.07, 6.45) is 7.23. The molecule has 2 atom stereocenters. The molecule has 2 rings (SSSR count). The Labute approximate surface area is 129 Å². The summed E-state index contributed by atoms with van der Waals surface area (Å²) in [5, 5.41) is 4.95. The molecule has 104 valence electrons. The van der Waals surface area contributed by atoms with Gasteiger partial charge >= 0.3 is 0 Å². The summed E-state index contributed by atoms with van der Waals surface area (Å²) in [5.74, 6) is 0. The molecule has 1 aromatic carbocycles. The van der Waals surface area contributed by atoms with Gasteiger partial charge in [0.2, 0.25) is 0 Å². The Bertz CT molecular complexity index is 465. The van der Waals surface area contributed by atoms with Gasteiger partial charge in [0, 0.05) is 27.6 Å². The van der Waals surface area contributed by atoms with Crippen LogP contribution in [0.2, 0.25) is 5.02 Å². The van der Waals surface area contributed by atoms with E-state index in [1.165, 1.54) is 25.7 Å². The summed E-state index contributed by atoms with van der Waals surface area (Å²) < 4.78 is 0. The summed E-state index contributed by atoms with van der Waals surface area (Å²) in [7, 11) is 0. The summed E-state index contributed by atoms with van der Waals surface area (Å²) in [5.41, 5.74) is 7.62. The van der Waals surface area contributed by atoms with Gasteiger partial charge in [0.05, 0.1) is 0 Å². The van der Waals surface area contributed by atoms with Crippen LogP contribution in [0.5, 0.6) is 0 Å². The Hall–Kier alpha value is -0.450. The van der Waals surface area contributed by atoms with Crippen LogP contribution in [0.15, 0.2) is 18.2 Å². The van der Waals surface area contributed by atoms with Gasteiger partial charge in [0.25, 0.3) is 0 Å². The summed E-state index contributed by atoms with van der Waals surface area (Å²) in [4.78, 5) is 0.413. The lowest BCUT2D eigenvalue weighted by atomic mass is 9.94. The van der Waals surface area contributed by atoms with Gasteiger partial charge in [-0.3, -0.25) is 0 Å².